The largest absolute Gasteiger partial charge is 0.393 e. The van der Waals surface area contributed by atoms with E-state index in [0.717, 1.165) is 25.8 Å². The van der Waals surface area contributed by atoms with E-state index in [2.05, 4.69) is 0 Å². The fraction of sp³-hybridized carbons (Fsp3) is 0.923. The molecule has 0 radical (unpaired) electrons. The molecule has 1 saturated heterocycles. The summed E-state index contributed by atoms with van der Waals surface area (Å²) in [5.74, 6) is 0.794. The van der Waals surface area contributed by atoms with E-state index in [1.807, 2.05) is 4.90 Å². The number of aliphatic hydroxyl groups is 1. The summed E-state index contributed by atoms with van der Waals surface area (Å²) in [4.78, 5) is 14.0. The first kappa shape index (κ1) is 13.8. The summed E-state index contributed by atoms with van der Waals surface area (Å²) in [6.07, 6.45) is 3.18. The molecule has 18 heavy (non-hydrogen) atoms. The van der Waals surface area contributed by atoms with Crippen molar-refractivity contribution in [1.82, 2.24) is 4.90 Å². The molecule has 1 aliphatic heterocycles. The SMILES string of the molecule is COCCCC(N)C(=O)N1CC2CCC(O)C2C1. The molecule has 3 N–H and O–H groups in total. The summed E-state index contributed by atoms with van der Waals surface area (Å²) in [7, 11) is 1.65. The molecular formula is C13H24N2O3. The zero-order chi connectivity index (χ0) is 13.1. The van der Waals surface area contributed by atoms with E-state index in [1.165, 1.54) is 0 Å². The van der Waals surface area contributed by atoms with E-state index < -0.39 is 6.04 Å². The molecular weight excluding hydrogens is 232 g/mol. The van der Waals surface area contributed by atoms with Crippen molar-refractivity contribution in [1.29, 1.82) is 0 Å². The van der Waals surface area contributed by atoms with Crippen LogP contribution in [0.5, 0.6) is 0 Å². The molecule has 0 aromatic carbocycles. The van der Waals surface area contributed by atoms with Gasteiger partial charge in [-0.25, -0.2) is 0 Å². The van der Waals surface area contributed by atoms with Crippen LogP contribution >= 0.6 is 0 Å². The molecule has 5 nitrogen and oxygen atoms in total. The normalized spacial score (nSPS) is 32.6. The maximum absolute atomic E-state index is 12.2. The van der Waals surface area contributed by atoms with E-state index in [9.17, 15) is 9.90 Å². The van der Waals surface area contributed by atoms with Gasteiger partial charge in [-0.3, -0.25) is 4.79 Å². The van der Waals surface area contributed by atoms with Crippen LogP contribution < -0.4 is 5.73 Å². The lowest BCUT2D eigenvalue weighted by Crippen LogP contribution is -2.43. The summed E-state index contributed by atoms with van der Waals surface area (Å²) in [5, 5.41) is 9.83. The predicted octanol–water partition coefficient (Wildman–Crippen LogP) is -0.0304. The van der Waals surface area contributed by atoms with E-state index in [4.69, 9.17) is 10.5 Å². The van der Waals surface area contributed by atoms with Crippen molar-refractivity contribution in [2.75, 3.05) is 26.8 Å². The topological polar surface area (TPSA) is 75.8 Å². The van der Waals surface area contributed by atoms with Crippen molar-refractivity contribution in [2.45, 2.75) is 37.8 Å². The number of rotatable bonds is 5. The Morgan fingerprint density at radius 1 is 1.50 bits per heavy atom. The molecule has 104 valence electrons. The van der Waals surface area contributed by atoms with Crippen LogP contribution in [0.25, 0.3) is 0 Å². The smallest absolute Gasteiger partial charge is 0.239 e. The van der Waals surface area contributed by atoms with Gasteiger partial charge >= 0.3 is 0 Å². The van der Waals surface area contributed by atoms with E-state index in [-0.39, 0.29) is 17.9 Å². The number of carbonyl (C=O) groups excluding carboxylic acids is 1. The zero-order valence-corrected chi connectivity index (χ0v) is 11.0. The Hall–Kier alpha value is -0.650. The lowest BCUT2D eigenvalue weighted by molar-refractivity contribution is -0.132. The molecule has 1 saturated carbocycles. The molecule has 1 heterocycles. The van der Waals surface area contributed by atoms with Crippen molar-refractivity contribution >= 4 is 5.91 Å². The average molecular weight is 256 g/mol. The third-order valence-corrected chi connectivity index (χ3v) is 4.31. The van der Waals surface area contributed by atoms with Crippen molar-refractivity contribution in [2.24, 2.45) is 17.6 Å². The molecule has 0 aromatic rings. The third-order valence-electron chi connectivity index (χ3n) is 4.31. The van der Waals surface area contributed by atoms with Gasteiger partial charge < -0.3 is 20.5 Å². The Balaban J connectivity index is 1.80. The number of fused-ring (bicyclic) bond motifs is 1. The van der Waals surface area contributed by atoms with Crippen LogP contribution in [0.2, 0.25) is 0 Å². The average Bonchev–Trinajstić information content (AvgIpc) is 2.91. The van der Waals surface area contributed by atoms with Gasteiger partial charge in [0.15, 0.2) is 0 Å². The highest BCUT2D eigenvalue weighted by Gasteiger charge is 2.43. The number of hydrogen-bond donors (Lipinski definition) is 2. The quantitative estimate of drug-likeness (QED) is 0.677. The highest BCUT2D eigenvalue weighted by molar-refractivity contribution is 5.81. The summed E-state index contributed by atoms with van der Waals surface area (Å²) in [5.41, 5.74) is 5.91. The number of aliphatic hydroxyl groups excluding tert-OH is 1. The van der Waals surface area contributed by atoms with Crippen LogP contribution in [0.3, 0.4) is 0 Å². The number of amides is 1. The van der Waals surface area contributed by atoms with Crippen LogP contribution in [-0.2, 0) is 9.53 Å². The third kappa shape index (κ3) is 2.84. The lowest BCUT2D eigenvalue weighted by Gasteiger charge is -2.22. The minimum absolute atomic E-state index is 0.0349. The number of carbonyl (C=O) groups is 1. The summed E-state index contributed by atoms with van der Waals surface area (Å²) in [6.45, 7) is 2.10. The monoisotopic (exact) mass is 256 g/mol. The molecule has 0 bridgehead atoms. The molecule has 1 aliphatic carbocycles. The number of nitrogens with two attached hydrogens (primary N) is 1. The number of likely N-dealkylation sites (tertiary alicyclic amines) is 1. The van der Waals surface area contributed by atoms with Crippen molar-refractivity contribution in [3.8, 4) is 0 Å². The second kappa shape index (κ2) is 5.99. The van der Waals surface area contributed by atoms with Crippen LogP contribution in [-0.4, -0.2) is 54.9 Å². The van der Waals surface area contributed by atoms with Crippen molar-refractivity contribution < 1.29 is 14.6 Å². The number of methoxy groups -OCH3 is 1. The standard InChI is InChI=1S/C13H24N2O3/c1-18-6-2-3-11(14)13(17)15-7-9-4-5-12(16)10(9)8-15/h9-12,16H,2-8,14H2,1H3. The van der Waals surface area contributed by atoms with Crippen molar-refractivity contribution in [3.63, 3.8) is 0 Å². The second-order valence-corrected chi connectivity index (χ2v) is 5.55. The van der Waals surface area contributed by atoms with Gasteiger partial charge in [0.05, 0.1) is 12.1 Å². The minimum Gasteiger partial charge on any atom is -0.393 e. The Labute approximate surface area is 108 Å². The number of nitrogens with zero attached hydrogens (tertiary/aromatic N) is 1. The highest BCUT2D eigenvalue weighted by atomic mass is 16.5. The molecule has 2 rings (SSSR count). The van der Waals surface area contributed by atoms with Gasteiger partial charge in [0.1, 0.15) is 0 Å². The minimum atomic E-state index is -0.420. The van der Waals surface area contributed by atoms with Crippen molar-refractivity contribution in [3.05, 3.63) is 0 Å². The maximum atomic E-state index is 12.2. The van der Waals surface area contributed by atoms with Gasteiger partial charge in [0.2, 0.25) is 5.91 Å². The Bertz CT molecular complexity index is 298. The molecule has 0 aromatic heterocycles. The molecule has 0 spiro atoms. The van der Waals surface area contributed by atoms with E-state index in [0.29, 0.717) is 25.5 Å². The molecule has 2 aliphatic rings. The van der Waals surface area contributed by atoms with Crippen LogP contribution in [0, 0.1) is 11.8 Å². The van der Waals surface area contributed by atoms with Gasteiger partial charge in [-0.2, -0.15) is 0 Å². The molecule has 2 fully saturated rings. The first-order chi connectivity index (χ1) is 8.63. The maximum Gasteiger partial charge on any atom is 0.239 e. The molecule has 4 atom stereocenters. The fourth-order valence-electron chi connectivity index (χ4n) is 3.22. The second-order valence-electron chi connectivity index (χ2n) is 5.55. The molecule has 1 amide bonds. The lowest BCUT2D eigenvalue weighted by atomic mass is 10.00. The Morgan fingerprint density at radius 3 is 2.94 bits per heavy atom. The predicted molar refractivity (Wildman–Crippen MR) is 67.9 cm³/mol. The van der Waals surface area contributed by atoms with Gasteiger partial charge in [-0.15, -0.1) is 0 Å². The van der Waals surface area contributed by atoms with E-state index >= 15 is 0 Å². The van der Waals surface area contributed by atoms with Gasteiger partial charge in [-0.1, -0.05) is 0 Å². The first-order valence-electron chi connectivity index (χ1n) is 6.85. The van der Waals surface area contributed by atoms with Crippen LogP contribution in [0.4, 0.5) is 0 Å². The summed E-state index contributed by atoms with van der Waals surface area (Å²) in [6, 6.07) is -0.420. The summed E-state index contributed by atoms with van der Waals surface area (Å²) >= 11 is 0. The number of hydrogen-bond acceptors (Lipinski definition) is 4. The summed E-state index contributed by atoms with van der Waals surface area (Å²) < 4.78 is 4.96. The molecule has 5 heteroatoms. The van der Waals surface area contributed by atoms with Crippen LogP contribution in [0.1, 0.15) is 25.7 Å². The number of ether oxygens (including phenoxy) is 1. The fourth-order valence-corrected chi connectivity index (χ4v) is 3.22. The molecule has 4 unspecified atom stereocenters. The first-order valence-corrected chi connectivity index (χ1v) is 6.85. The van der Waals surface area contributed by atoms with E-state index in [1.54, 1.807) is 7.11 Å². The zero-order valence-electron chi connectivity index (χ0n) is 11.0. The Kier molecular flexibility index (Phi) is 4.59. The van der Waals surface area contributed by atoms with Gasteiger partial charge in [0.25, 0.3) is 0 Å². The van der Waals surface area contributed by atoms with Gasteiger partial charge in [-0.05, 0) is 31.6 Å². The van der Waals surface area contributed by atoms with Crippen LogP contribution in [0.15, 0.2) is 0 Å². The highest BCUT2D eigenvalue weighted by Crippen LogP contribution is 2.38. The van der Waals surface area contributed by atoms with Gasteiger partial charge in [0, 0.05) is 32.7 Å². The Morgan fingerprint density at radius 2 is 2.28 bits per heavy atom.